The quantitative estimate of drug-likeness (QED) is 0.0933. The fourth-order valence-electron chi connectivity index (χ4n) is 9.26. The standard InChI is InChI=1S/C44H51FN6O7/c1-26-28(19-32(45)34-20-38(58-4)29(21-46-34)22-47-36(24-52)41(54)55)7-5-8-30(26)31-9-6-10-33(27(31)2)49-40(53)39-48-35-23-51(17-11-37(35)50(39)3)18-16-43-12-14-44(25-43,15-13-43)42(56)57/h5-10,19-21,36,47,52H,11-18,22-25H2,1-4H3,(H,49,53)(H,54,55)(H,56,57)/b32-19-/t36-,43?,44?/m1/s1. The van der Waals surface area contributed by atoms with Crippen molar-refractivity contribution in [2.75, 3.05) is 32.1 Å². The molecule has 0 spiro atoms. The van der Waals surface area contributed by atoms with Crippen molar-refractivity contribution >= 4 is 35.4 Å². The zero-order valence-electron chi connectivity index (χ0n) is 33.4. The Kier molecular flexibility index (Phi) is 11.5. The molecule has 2 bridgehead atoms. The molecule has 0 unspecified atom stereocenters. The minimum Gasteiger partial charge on any atom is -0.496 e. The van der Waals surface area contributed by atoms with Crippen molar-refractivity contribution in [3.63, 3.8) is 0 Å². The number of pyridine rings is 1. The molecule has 2 aromatic carbocycles. The lowest BCUT2D eigenvalue weighted by atomic mass is 9.80. The van der Waals surface area contributed by atoms with Crippen LogP contribution in [0.5, 0.6) is 5.75 Å². The number of aromatic nitrogens is 3. The number of amides is 1. The van der Waals surface area contributed by atoms with Crippen molar-refractivity contribution in [1.29, 1.82) is 0 Å². The summed E-state index contributed by atoms with van der Waals surface area (Å²) in [6.45, 7) is 5.72. The van der Waals surface area contributed by atoms with Crippen LogP contribution in [0.25, 0.3) is 23.0 Å². The van der Waals surface area contributed by atoms with E-state index >= 15 is 4.39 Å². The Balaban J connectivity index is 1.03. The van der Waals surface area contributed by atoms with Crippen LogP contribution in [0, 0.1) is 24.7 Å². The van der Waals surface area contributed by atoms with Crippen molar-refractivity contribution in [3.8, 4) is 16.9 Å². The van der Waals surface area contributed by atoms with Gasteiger partial charge < -0.3 is 29.9 Å². The number of imidazole rings is 1. The molecule has 2 aliphatic carbocycles. The maximum absolute atomic E-state index is 15.8. The molecule has 0 saturated heterocycles. The summed E-state index contributed by atoms with van der Waals surface area (Å²) in [6, 6.07) is 11.6. The van der Waals surface area contributed by atoms with E-state index in [4.69, 9.17) is 9.72 Å². The molecule has 2 saturated carbocycles. The molecule has 1 atom stereocenters. The van der Waals surface area contributed by atoms with Crippen molar-refractivity contribution in [2.24, 2.45) is 17.9 Å². The highest BCUT2D eigenvalue weighted by Gasteiger charge is 2.57. The highest BCUT2D eigenvalue weighted by atomic mass is 19.1. The Bertz CT molecular complexity index is 2280. The SMILES string of the molecule is COc1cc(/C(F)=C/c2cccc(-c3cccc(NC(=O)c4nc5c(n4C)CCN(CCC46CCC(C(=O)O)(CC4)C6)C5)c3C)c2C)ncc1CN[C@H](CO)C(=O)O. The summed E-state index contributed by atoms with van der Waals surface area (Å²) in [4.78, 5) is 48.5. The van der Waals surface area contributed by atoms with Gasteiger partial charge >= 0.3 is 11.9 Å². The fourth-order valence-corrected chi connectivity index (χ4v) is 9.26. The average Bonchev–Trinajstić information content (AvgIpc) is 3.90. The summed E-state index contributed by atoms with van der Waals surface area (Å²) in [5.41, 5.74) is 6.81. The molecule has 13 nitrogen and oxygen atoms in total. The first-order chi connectivity index (χ1) is 27.8. The van der Waals surface area contributed by atoms with E-state index in [0.29, 0.717) is 34.9 Å². The van der Waals surface area contributed by atoms with E-state index in [-0.39, 0.29) is 23.6 Å². The van der Waals surface area contributed by atoms with Gasteiger partial charge in [-0.25, -0.2) is 9.37 Å². The number of aliphatic hydroxyl groups excluding tert-OH is 1. The number of anilines is 1. The third-order valence-electron chi connectivity index (χ3n) is 12.9. The minimum absolute atomic E-state index is 0.0398. The number of carbonyl (C=O) groups excluding carboxylic acids is 1. The molecule has 7 rings (SSSR count). The van der Waals surface area contributed by atoms with E-state index in [1.807, 2.05) is 61.9 Å². The van der Waals surface area contributed by atoms with Gasteiger partial charge in [0.15, 0.2) is 5.82 Å². The third kappa shape index (κ3) is 7.88. The van der Waals surface area contributed by atoms with Crippen LogP contribution >= 0.6 is 0 Å². The second-order valence-corrected chi connectivity index (χ2v) is 16.2. The van der Waals surface area contributed by atoms with Crippen molar-refractivity contribution in [2.45, 2.75) is 77.9 Å². The van der Waals surface area contributed by atoms with E-state index in [2.05, 4.69) is 20.5 Å². The number of carboxylic acid groups (broad SMARTS) is 2. The molecule has 3 heterocycles. The van der Waals surface area contributed by atoms with Gasteiger partial charge in [0.05, 0.1) is 24.8 Å². The van der Waals surface area contributed by atoms with Crippen molar-refractivity contribution in [1.82, 2.24) is 24.8 Å². The van der Waals surface area contributed by atoms with Crippen LogP contribution in [0.3, 0.4) is 0 Å². The zero-order valence-corrected chi connectivity index (χ0v) is 33.4. The Morgan fingerprint density at radius 2 is 1.78 bits per heavy atom. The fraction of sp³-hybridized carbons (Fsp3) is 0.432. The monoisotopic (exact) mass is 794 g/mol. The van der Waals surface area contributed by atoms with Crippen LogP contribution in [0.4, 0.5) is 10.1 Å². The average molecular weight is 795 g/mol. The van der Waals surface area contributed by atoms with Crippen LogP contribution < -0.4 is 15.4 Å². The number of aliphatic hydroxyl groups is 1. The molecular formula is C44H51FN6O7. The molecule has 306 valence electrons. The van der Waals surface area contributed by atoms with Gasteiger partial charge in [-0.1, -0.05) is 30.3 Å². The predicted molar refractivity (Wildman–Crippen MR) is 217 cm³/mol. The van der Waals surface area contributed by atoms with Gasteiger partial charge in [-0.3, -0.25) is 29.6 Å². The number of hydrogen-bond acceptors (Lipinski definition) is 9. The third-order valence-corrected chi connectivity index (χ3v) is 12.9. The number of halogens is 1. The van der Waals surface area contributed by atoms with E-state index in [1.165, 1.54) is 25.4 Å². The van der Waals surface area contributed by atoms with Crippen LogP contribution in [0.15, 0.2) is 48.7 Å². The van der Waals surface area contributed by atoms with E-state index in [0.717, 1.165) is 91.7 Å². The minimum atomic E-state index is -1.20. The van der Waals surface area contributed by atoms with Crippen LogP contribution in [0.1, 0.15) is 88.5 Å². The number of nitrogens with one attached hydrogen (secondary N) is 2. The van der Waals surface area contributed by atoms with Crippen LogP contribution in [-0.2, 0) is 36.1 Å². The maximum Gasteiger partial charge on any atom is 0.323 e. The lowest BCUT2D eigenvalue weighted by molar-refractivity contribution is -0.148. The first-order valence-electron chi connectivity index (χ1n) is 19.8. The van der Waals surface area contributed by atoms with Crippen molar-refractivity contribution < 1.29 is 38.8 Å². The number of ether oxygens (including phenoxy) is 1. The summed E-state index contributed by atoms with van der Waals surface area (Å²) in [5, 5.41) is 34.1. The van der Waals surface area contributed by atoms with Gasteiger partial charge in [-0.2, -0.15) is 0 Å². The first-order valence-corrected chi connectivity index (χ1v) is 19.8. The zero-order chi connectivity index (χ0) is 41.4. The Hall–Kier alpha value is -5.44. The molecule has 3 aliphatic rings. The van der Waals surface area contributed by atoms with E-state index in [1.54, 1.807) is 0 Å². The van der Waals surface area contributed by atoms with Crippen molar-refractivity contribution in [3.05, 3.63) is 93.8 Å². The molecule has 1 amide bonds. The Labute approximate surface area is 337 Å². The van der Waals surface area contributed by atoms with E-state index < -0.39 is 35.8 Å². The number of rotatable bonds is 15. The number of benzene rings is 2. The first kappa shape index (κ1) is 40.7. The van der Waals surface area contributed by atoms with Gasteiger partial charge in [-0.15, -0.1) is 0 Å². The van der Waals surface area contributed by atoms with Gasteiger partial charge in [-0.05, 0) is 104 Å². The number of fused-ring (bicyclic) bond motifs is 3. The highest BCUT2D eigenvalue weighted by molar-refractivity contribution is 6.03. The highest BCUT2D eigenvalue weighted by Crippen LogP contribution is 2.63. The number of aliphatic carboxylic acids is 2. The second-order valence-electron chi connectivity index (χ2n) is 16.2. The molecule has 0 radical (unpaired) electrons. The van der Waals surface area contributed by atoms with E-state index in [9.17, 15) is 29.7 Å². The van der Waals surface area contributed by atoms with Gasteiger partial charge in [0, 0.05) is 62.3 Å². The maximum atomic E-state index is 15.8. The number of carboxylic acids is 2. The van der Waals surface area contributed by atoms with Gasteiger partial charge in [0.1, 0.15) is 23.3 Å². The molecule has 2 fully saturated rings. The predicted octanol–water partition coefficient (Wildman–Crippen LogP) is 6.15. The number of methoxy groups -OCH3 is 1. The summed E-state index contributed by atoms with van der Waals surface area (Å²) in [5.74, 6) is -2.07. The molecule has 4 aromatic rings. The lowest BCUT2D eigenvalue weighted by Gasteiger charge is -2.32. The normalized spacial score (nSPS) is 20.8. The molecule has 58 heavy (non-hydrogen) atoms. The largest absolute Gasteiger partial charge is 0.496 e. The summed E-state index contributed by atoms with van der Waals surface area (Å²) in [6.07, 6.45) is 8.93. The smallest absolute Gasteiger partial charge is 0.323 e. The number of nitrogens with zero attached hydrogens (tertiary/aromatic N) is 4. The van der Waals surface area contributed by atoms with Gasteiger partial charge in [0.25, 0.3) is 5.91 Å². The topological polar surface area (TPSA) is 179 Å². The van der Waals surface area contributed by atoms with Gasteiger partial charge in [0.2, 0.25) is 0 Å². The van der Waals surface area contributed by atoms with Crippen LogP contribution in [-0.4, -0.2) is 85.4 Å². The Morgan fingerprint density at radius 3 is 2.45 bits per heavy atom. The summed E-state index contributed by atoms with van der Waals surface area (Å²) < 4.78 is 23.1. The molecule has 1 aliphatic heterocycles. The number of carbonyl (C=O) groups is 3. The molecule has 14 heteroatoms. The molecular weight excluding hydrogens is 744 g/mol. The summed E-state index contributed by atoms with van der Waals surface area (Å²) >= 11 is 0. The molecule has 5 N–H and O–H groups in total. The molecule has 2 aromatic heterocycles. The Morgan fingerprint density at radius 1 is 1.05 bits per heavy atom. The lowest BCUT2D eigenvalue weighted by Crippen LogP contribution is -2.39. The van der Waals surface area contributed by atoms with Crippen LogP contribution in [0.2, 0.25) is 0 Å². The second kappa shape index (κ2) is 16.4. The number of hydrogen-bond donors (Lipinski definition) is 5. The summed E-state index contributed by atoms with van der Waals surface area (Å²) in [7, 11) is 3.31.